The minimum absolute atomic E-state index is 0.474. The Hall–Kier alpha value is -1.09. The molecule has 0 radical (unpaired) electrons. The molecule has 1 aromatic rings. The molecule has 1 aliphatic rings. The molecule has 2 nitrogen and oxygen atoms in total. The maximum atomic E-state index is 5.78. The number of nitrogens with two attached hydrogens (primary N) is 1. The fourth-order valence-electron chi connectivity index (χ4n) is 2.55. The third kappa shape index (κ3) is 2.78. The lowest BCUT2D eigenvalue weighted by Crippen LogP contribution is -2.24. The summed E-state index contributed by atoms with van der Waals surface area (Å²) in [5.41, 5.74) is 9.03. The number of nitrogens with one attached hydrogen (secondary N) is 1. The molecular weight excluding hydrogens is 228 g/mol. The second-order valence-electron chi connectivity index (χ2n) is 5.07. The molecule has 2 atom stereocenters. The van der Waals surface area contributed by atoms with Gasteiger partial charge in [0.15, 0.2) is 0 Å². The molecule has 2 rings (SSSR count). The van der Waals surface area contributed by atoms with Gasteiger partial charge >= 0.3 is 0 Å². The first-order valence-electron chi connectivity index (χ1n) is 6.25. The number of hydrogen-bond acceptors (Lipinski definition) is 2. The largest absolute Gasteiger partial charge is 0.389 e. The number of thiocarbonyl (C=S) groups is 1. The van der Waals surface area contributed by atoms with Crippen molar-refractivity contribution < 1.29 is 0 Å². The predicted molar refractivity (Wildman–Crippen MR) is 77.5 cm³/mol. The van der Waals surface area contributed by atoms with Gasteiger partial charge in [0, 0.05) is 17.3 Å². The summed E-state index contributed by atoms with van der Waals surface area (Å²) < 4.78 is 0. The van der Waals surface area contributed by atoms with Crippen LogP contribution in [0.3, 0.4) is 0 Å². The number of anilines is 1. The van der Waals surface area contributed by atoms with E-state index in [1.807, 2.05) is 0 Å². The highest BCUT2D eigenvalue weighted by molar-refractivity contribution is 7.80. The highest BCUT2D eigenvalue weighted by Crippen LogP contribution is 2.29. The van der Waals surface area contributed by atoms with Gasteiger partial charge in [-0.1, -0.05) is 37.2 Å². The van der Waals surface area contributed by atoms with Gasteiger partial charge in [0.25, 0.3) is 0 Å². The summed E-state index contributed by atoms with van der Waals surface area (Å²) in [4.78, 5) is 0.474. The highest BCUT2D eigenvalue weighted by atomic mass is 32.1. The van der Waals surface area contributed by atoms with Gasteiger partial charge in [0.1, 0.15) is 4.99 Å². The Morgan fingerprint density at radius 3 is 2.76 bits per heavy atom. The standard InChI is InChI=1S/C14H20N2S/c1-9-6-7-13(11(8-9)14(15)17)16-12-5-3-4-10(12)2/h6-8,10,12,16H,3-5H2,1-2H3,(H2,15,17). The summed E-state index contributed by atoms with van der Waals surface area (Å²) in [6.07, 6.45) is 3.87. The van der Waals surface area contributed by atoms with Gasteiger partial charge in [0.2, 0.25) is 0 Å². The van der Waals surface area contributed by atoms with Crippen molar-refractivity contribution >= 4 is 22.9 Å². The van der Waals surface area contributed by atoms with Crippen LogP contribution in [0.4, 0.5) is 5.69 Å². The second kappa shape index (κ2) is 5.05. The van der Waals surface area contributed by atoms with Crippen LogP contribution in [0, 0.1) is 12.8 Å². The number of benzene rings is 1. The summed E-state index contributed by atoms with van der Waals surface area (Å²) in [6.45, 7) is 4.36. The lowest BCUT2D eigenvalue weighted by atomic mass is 10.0. The Morgan fingerprint density at radius 2 is 2.18 bits per heavy atom. The van der Waals surface area contributed by atoms with Crippen LogP contribution in [0.1, 0.15) is 37.3 Å². The Balaban J connectivity index is 2.22. The topological polar surface area (TPSA) is 38.0 Å². The third-order valence-corrected chi connectivity index (χ3v) is 3.86. The summed E-state index contributed by atoms with van der Waals surface area (Å²) >= 11 is 5.12. The molecule has 1 saturated carbocycles. The summed E-state index contributed by atoms with van der Waals surface area (Å²) in [5.74, 6) is 0.732. The molecule has 17 heavy (non-hydrogen) atoms. The molecule has 1 aromatic carbocycles. The lowest BCUT2D eigenvalue weighted by molar-refractivity contribution is 0.556. The number of aryl methyl sites for hydroxylation is 1. The minimum atomic E-state index is 0.474. The van der Waals surface area contributed by atoms with Crippen molar-refractivity contribution in [3.05, 3.63) is 29.3 Å². The molecule has 3 heteroatoms. The van der Waals surface area contributed by atoms with Crippen LogP contribution in [0.2, 0.25) is 0 Å². The lowest BCUT2D eigenvalue weighted by Gasteiger charge is -2.21. The quantitative estimate of drug-likeness (QED) is 0.807. The molecule has 1 aliphatic carbocycles. The van der Waals surface area contributed by atoms with Crippen molar-refractivity contribution in [1.29, 1.82) is 0 Å². The van der Waals surface area contributed by atoms with Crippen LogP contribution in [0.25, 0.3) is 0 Å². The average Bonchev–Trinajstić information content (AvgIpc) is 2.67. The molecule has 92 valence electrons. The van der Waals surface area contributed by atoms with Gasteiger partial charge in [-0.05, 0) is 37.8 Å². The van der Waals surface area contributed by atoms with E-state index >= 15 is 0 Å². The summed E-state index contributed by atoms with van der Waals surface area (Å²) in [6, 6.07) is 6.81. The predicted octanol–water partition coefficient (Wildman–Crippen LogP) is 3.23. The first-order valence-corrected chi connectivity index (χ1v) is 6.65. The van der Waals surface area contributed by atoms with Crippen LogP contribution in [-0.2, 0) is 0 Å². The van der Waals surface area contributed by atoms with E-state index in [2.05, 4.69) is 37.4 Å². The fourth-order valence-corrected chi connectivity index (χ4v) is 2.72. The van der Waals surface area contributed by atoms with E-state index in [1.54, 1.807) is 0 Å². The van der Waals surface area contributed by atoms with E-state index in [9.17, 15) is 0 Å². The van der Waals surface area contributed by atoms with Crippen molar-refractivity contribution in [2.75, 3.05) is 5.32 Å². The van der Waals surface area contributed by atoms with Crippen LogP contribution >= 0.6 is 12.2 Å². The fraction of sp³-hybridized carbons (Fsp3) is 0.500. The van der Waals surface area contributed by atoms with Gasteiger partial charge in [-0.25, -0.2) is 0 Å². The second-order valence-corrected chi connectivity index (χ2v) is 5.51. The molecule has 0 amide bonds. The molecule has 0 spiro atoms. The van der Waals surface area contributed by atoms with E-state index < -0.39 is 0 Å². The molecule has 2 unspecified atom stereocenters. The van der Waals surface area contributed by atoms with E-state index in [4.69, 9.17) is 18.0 Å². The minimum Gasteiger partial charge on any atom is -0.389 e. The maximum Gasteiger partial charge on any atom is 0.106 e. The van der Waals surface area contributed by atoms with Crippen LogP contribution in [0.15, 0.2) is 18.2 Å². The van der Waals surface area contributed by atoms with Gasteiger partial charge in [0.05, 0.1) is 0 Å². The van der Waals surface area contributed by atoms with Gasteiger partial charge in [-0.2, -0.15) is 0 Å². The van der Waals surface area contributed by atoms with Gasteiger partial charge in [-0.3, -0.25) is 0 Å². The molecule has 0 aliphatic heterocycles. The van der Waals surface area contributed by atoms with Crippen molar-refractivity contribution in [2.24, 2.45) is 11.7 Å². The Morgan fingerprint density at radius 1 is 1.41 bits per heavy atom. The van der Waals surface area contributed by atoms with Crippen LogP contribution in [0.5, 0.6) is 0 Å². The Bertz CT molecular complexity index is 428. The Kier molecular flexibility index (Phi) is 3.67. The maximum absolute atomic E-state index is 5.78. The molecule has 0 saturated heterocycles. The van der Waals surface area contributed by atoms with Crippen LogP contribution in [-0.4, -0.2) is 11.0 Å². The molecule has 3 N–H and O–H groups in total. The van der Waals surface area contributed by atoms with Crippen molar-refractivity contribution in [3.63, 3.8) is 0 Å². The van der Waals surface area contributed by atoms with Gasteiger partial charge in [-0.15, -0.1) is 0 Å². The third-order valence-electron chi connectivity index (χ3n) is 3.64. The average molecular weight is 248 g/mol. The zero-order valence-corrected chi connectivity index (χ0v) is 11.3. The molecule has 0 heterocycles. The van der Waals surface area contributed by atoms with E-state index in [-0.39, 0.29) is 0 Å². The Labute approximate surface area is 109 Å². The summed E-state index contributed by atoms with van der Waals surface area (Å²) in [7, 11) is 0. The number of hydrogen-bond donors (Lipinski definition) is 2. The van der Waals surface area contributed by atoms with Crippen molar-refractivity contribution in [1.82, 2.24) is 0 Å². The molecular formula is C14H20N2S. The zero-order chi connectivity index (χ0) is 12.4. The van der Waals surface area contributed by atoms with Crippen LogP contribution < -0.4 is 11.1 Å². The first kappa shape index (κ1) is 12.4. The highest BCUT2D eigenvalue weighted by Gasteiger charge is 2.23. The van der Waals surface area contributed by atoms with E-state index in [1.165, 1.54) is 24.8 Å². The molecule has 1 fully saturated rings. The van der Waals surface area contributed by atoms with Gasteiger partial charge < -0.3 is 11.1 Å². The van der Waals surface area contributed by atoms with E-state index in [0.29, 0.717) is 11.0 Å². The summed E-state index contributed by atoms with van der Waals surface area (Å²) in [5, 5.41) is 3.60. The molecule has 0 bridgehead atoms. The number of rotatable bonds is 3. The zero-order valence-electron chi connectivity index (χ0n) is 10.5. The molecule has 0 aromatic heterocycles. The SMILES string of the molecule is Cc1ccc(NC2CCCC2C)c(C(N)=S)c1. The first-order chi connectivity index (χ1) is 8.08. The normalized spacial score (nSPS) is 23.6. The monoisotopic (exact) mass is 248 g/mol. The smallest absolute Gasteiger partial charge is 0.106 e. The van der Waals surface area contributed by atoms with E-state index in [0.717, 1.165) is 17.2 Å². The van der Waals surface area contributed by atoms with Crippen molar-refractivity contribution in [3.8, 4) is 0 Å². The van der Waals surface area contributed by atoms with Crippen molar-refractivity contribution in [2.45, 2.75) is 39.2 Å².